The number of aliphatic hydroxyl groups is 1. The van der Waals surface area contributed by atoms with Crippen LogP contribution in [0.5, 0.6) is 0 Å². The summed E-state index contributed by atoms with van der Waals surface area (Å²) in [6.45, 7) is 6.47. The van der Waals surface area contributed by atoms with Gasteiger partial charge in [-0.1, -0.05) is 66.7 Å². The summed E-state index contributed by atoms with van der Waals surface area (Å²) < 4.78 is 13.7. The van der Waals surface area contributed by atoms with E-state index in [1.165, 1.54) is 0 Å². The molecule has 0 spiro atoms. The number of nitrogens with zero attached hydrogens (tertiary/aromatic N) is 4. The second kappa shape index (κ2) is 14.6. The second-order valence-electron chi connectivity index (χ2n) is 11.3. The van der Waals surface area contributed by atoms with E-state index in [9.17, 15) is 9.90 Å². The number of hydrogen-bond donors (Lipinski definition) is 3. The Morgan fingerprint density at radius 3 is 2.31 bits per heavy atom. The van der Waals surface area contributed by atoms with Gasteiger partial charge in [-0.2, -0.15) is 0 Å². The van der Waals surface area contributed by atoms with Gasteiger partial charge < -0.3 is 30.1 Å². The Hall–Kier alpha value is -4.35. The van der Waals surface area contributed by atoms with Crippen LogP contribution in [0.1, 0.15) is 47.5 Å². The van der Waals surface area contributed by atoms with Crippen LogP contribution >= 0.6 is 0 Å². The fraction of sp³-hybridized carbons (Fsp3) is 0.343. The molecule has 1 unspecified atom stereocenters. The number of rotatable bonds is 9. The van der Waals surface area contributed by atoms with E-state index in [1.807, 2.05) is 67.6 Å². The Morgan fingerprint density at radius 2 is 1.60 bits per heavy atom. The molecule has 3 heterocycles. The van der Waals surface area contributed by atoms with Crippen LogP contribution in [-0.4, -0.2) is 71.4 Å². The van der Waals surface area contributed by atoms with E-state index < -0.39 is 6.29 Å². The molecule has 10 nitrogen and oxygen atoms in total. The minimum Gasteiger partial charge on any atom is -0.392 e. The number of carbonyl (C=O) groups excluding carboxylic acids is 1. The zero-order valence-electron chi connectivity index (χ0n) is 25.5. The number of amides is 2. The molecule has 6 rings (SSSR count). The molecule has 3 aromatic carbocycles. The van der Waals surface area contributed by atoms with E-state index in [1.54, 1.807) is 12.4 Å². The fourth-order valence-electron chi connectivity index (χ4n) is 6.10. The highest BCUT2D eigenvalue weighted by atomic mass is 16.7. The average Bonchev–Trinajstić information content (AvgIpc) is 3.09. The van der Waals surface area contributed by atoms with Crippen molar-refractivity contribution in [3.63, 3.8) is 0 Å². The Bertz CT molecular complexity index is 1520. The third-order valence-corrected chi connectivity index (χ3v) is 8.37. The fourth-order valence-corrected chi connectivity index (χ4v) is 6.10. The Kier molecular flexibility index (Phi) is 9.96. The molecular weight excluding hydrogens is 568 g/mol. The first kappa shape index (κ1) is 30.7. The summed E-state index contributed by atoms with van der Waals surface area (Å²) >= 11 is 0. The van der Waals surface area contributed by atoms with Crippen molar-refractivity contribution in [1.82, 2.24) is 20.2 Å². The minimum absolute atomic E-state index is 0.0202. The van der Waals surface area contributed by atoms with E-state index in [0.717, 1.165) is 54.4 Å². The van der Waals surface area contributed by atoms with Crippen molar-refractivity contribution in [2.24, 2.45) is 0 Å². The normalized spacial score (nSPS) is 22.1. The molecule has 1 aromatic heterocycles. The zero-order valence-corrected chi connectivity index (χ0v) is 25.5. The summed E-state index contributed by atoms with van der Waals surface area (Å²) in [7, 11) is 0. The summed E-state index contributed by atoms with van der Waals surface area (Å²) in [6, 6.07) is 27.6. The Balaban J connectivity index is 1.30. The molecule has 0 saturated carbocycles. The highest BCUT2D eigenvalue weighted by Gasteiger charge is 2.43. The molecule has 0 aliphatic carbocycles. The maximum Gasteiger partial charge on any atom is 0.319 e. The van der Waals surface area contributed by atoms with Crippen LogP contribution in [0.3, 0.4) is 0 Å². The van der Waals surface area contributed by atoms with Crippen molar-refractivity contribution in [1.29, 1.82) is 0 Å². The lowest BCUT2D eigenvalue weighted by Gasteiger charge is -2.45. The van der Waals surface area contributed by atoms with Gasteiger partial charge in [0.2, 0.25) is 5.95 Å². The van der Waals surface area contributed by atoms with E-state index in [2.05, 4.69) is 54.7 Å². The summed E-state index contributed by atoms with van der Waals surface area (Å²) in [4.78, 5) is 25.8. The predicted molar refractivity (Wildman–Crippen MR) is 173 cm³/mol. The Labute approximate surface area is 264 Å². The molecule has 3 N–H and O–H groups in total. The maximum absolute atomic E-state index is 12.3. The quantitative estimate of drug-likeness (QED) is 0.247. The number of benzene rings is 3. The van der Waals surface area contributed by atoms with Crippen LogP contribution in [-0.2, 0) is 16.1 Å². The van der Waals surface area contributed by atoms with Crippen LogP contribution in [0.15, 0.2) is 97.3 Å². The summed E-state index contributed by atoms with van der Waals surface area (Å²) in [5.41, 5.74) is 4.49. The lowest BCUT2D eigenvalue weighted by molar-refractivity contribution is -0.263. The predicted octanol–water partition coefficient (Wildman–Crippen LogP) is 4.87. The zero-order chi connectivity index (χ0) is 31.0. The SMILES string of the molecule is CCNC(=O)Nc1cccc(C2O[C@H](CN3CCN(c4ncccn4)CC3)[C@@H](c3ccccc3)[C@H](c3ccc(CO)cc3)O2)c1. The monoisotopic (exact) mass is 608 g/mol. The summed E-state index contributed by atoms with van der Waals surface area (Å²) in [5.74, 6) is 0.670. The first-order chi connectivity index (χ1) is 22.1. The van der Waals surface area contributed by atoms with Crippen molar-refractivity contribution in [3.05, 3.63) is 120 Å². The van der Waals surface area contributed by atoms with Crippen LogP contribution < -0.4 is 15.5 Å². The van der Waals surface area contributed by atoms with E-state index in [0.29, 0.717) is 18.8 Å². The second-order valence-corrected chi connectivity index (χ2v) is 11.3. The number of ether oxygens (including phenoxy) is 2. The van der Waals surface area contributed by atoms with Crippen molar-refractivity contribution >= 4 is 17.7 Å². The van der Waals surface area contributed by atoms with Crippen molar-refractivity contribution in [2.75, 3.05) is 49.5 Å². The molecule has 2 amide bonds. The van der Waals surface area contributed by atoms with Gasteiger partial charge in [0.15, 0.2) is 6.29 Å². The first-order valence-corrected chi connectivity index (χ1v) is 15.6. The third kappa shape index (κ3) is 7.49. The maximum atomic E-state index is 12.3. The number of piperazine rings is 1. The van der Waals surface area contributed by atoms with Gasteiger partial charge in [-0.15, -0.1) is 0 Å². The number of nitrogens with one attached hydrogen (secondary N) is 2. The van der Waals surface area contributed by atoms with Crippen LogP contribution in [0.2, 0.25) is 0 Å². The lowest BCUT2D eigenvalue weighted by Crippen LogP contribution is -2.51. The van der Waals surface area contributed by atoms with Crippen LogP contribution in [0.25, 0.3) is 0 Å². The van der Waals surface area contributed by atoms with Gasteiger partial charge >= 0.3 is 6.03 Å². The van der Waals surface area contributed by atoms with Gasteiger partial charge in [-0.3, -0.25) is 4.90 Å². The van der Waals surface area contributed by atoms with Crippen molar-refractivity contribution < 1.29 is 19.4 Å². The van der Waals surface area contributed by atoms with Gasteiger partial charge in [0.25, 0.3) is 0 Å². The molecule has 2 aliphatic rings. The lowest BCUT2D eigenvalue weighted by atomic mass is 9.83. The van der Waals surface area contributed by atoms with E-state index in [-0.39, 0.29) is 30.8 Å². The number of aromatic nitrogens is 2. The van der Waals surface area contributed by atoms with E-state index in [4.69, 9.17) is 9.47 Å². The smallest absolute Gasteiger partial charge is 0.319 e. The molecule has 2 saturated heterocycles. The summed E-state index contributed by atoms with van der Waals surface area (Å²) in [6.07, 6.45) is 2.38. The minimum atomic E-state index is -0.660. The molecule has 2 fully saturated rings. The molecule has 4 aromatic rings. The molecule has 4 atom stereocenters. The standard InChI is InChI=1S/C35H40N6O4/c1-2-36-35(43)39-29-11-6-10-28(22-29)33-44-30(23-40-18-20-41(21-19-40)34-37-16-7-17-38-34)31(26-8-4-3-5-9-26)32(45-33)27-14-12-25(24-42)13-15-27/h3-17,22,30-33,42H,2,18-21,23-24H2,1H3,(H2,36,39,43)/t30-,31-,32+,33?/m1/s1. The van der Waals surface area contributed by atoms with Gasteiger partial charge in [-0.25, -0.2) is 14.8 Å². The van der Waals surface area contributed by atoms with Gasteiger partial charge in [0.05, 0.1) is 18.8 Å². The first-order valence-electron chi connectivity index (χ1n) is 15.6. The van der Waals surface area contributed by atoms with E-state index >= 15 is 0 Å². The van der Waals surface area contributed by atoms with Crippen molar-refractivity contribution in [3.8, 4) is 0 Å². The number of anilines is 2. The highest BCUT2D eigenvalue weighted by molar-refractivity contribution is 5.89. The van der Waals surface area contributed by atoms with Crippen LogP contribution in [0, 0.1) is 0 Å². The molecule has 0 radical (unpaired) electrons. The average molecular weight is 609 g/mol. The molecule has 234 valence electrons. The molecule has 10 heteroatoms. The Morgan fingerprint density at radius 1 is 0.867 bits per heavy atom. The molecule has 0 bridgehead atoms. The third-order valence-electron chi connectivity index (χ3n) is 8.37. The van der Waals surface area contributed by atoms with Gasteiger partial charge in [-0.05, 0) is 41.8 Å². The number of urea groups is 1. The molecule has 2 aliphatic heterocycles. The highest BCUT2D eigenvalue weighted by Crippen LogP contribution is 2.47. The van der Waals surface area contributed by atoms with Gasteiger partial charge in [0, 0.05) is 68.8 Å². The number of aliphatic hydroxyl groups excluding tert-OH is 1. The summed E-state index contributed by atoms with van der Waals surface area (Å²) in [5, 5.41) is 15.4. The molecular formula is C35H40N6O4. The largest absolute Gasteiger partial charge is 0.392 e. The van der Waals surface area contributed by atoms with Crippen LogP contribution in [0.4, 0.5) is 16.4 Å². The molecule has 45 heavy (non-hydrogen) atoms. The van der Waals surface area contributed by atoms with Gasteiger partial charge in [0.1, 0.15) is 0 Å². The topological polar surface area (TPSA) is 112 Å². The van der Waals surface area contributed by atoms with Crippen molar-refractivity contribution in [2.45, 2.75) is 37.9 Å². The number of carbonyl (C=O) groups is 1. The number of hydrogen-bond acceptors (Lipinski definition) is 8.